The number of anilines is 1. The van der Waals surface area contributed by atoms with Gasteiger partial charge in [0.05, 0.1) is 12.6 Å². The van der Waals surface area contributed by atoms with Gasteiger partial charge in [-0.1, -0.05) is 28.8 Å². The Kier molecular flexibility index (Phi) is 4.99. The van der Waals surface area contributed by atoms with Gasteiger partial charge in [0.2, 0.25) is 0 Å². The van der Waals surface area contributed by atoms with Gasteiger partial charge in [-0.15, -0.1) is 0 Å². The standard InChI is InChI=1S/C15H20BrNO2/c1-11(19)14-9-12(16)6-7-15(14)17-8-4-2-3-5-13(17)10-18/h6-7,9,13,18H,2-5,8,10H2,1H3. The van der Waals surface area contributed by atoms with Crippen LogP contribution >= 0.6 is 15.9 Å². The van der Waals surface area contributed by atoms with Gasteiger partial charge in [-0.3, -0.25) is 4.79 Å². The van der Waals surface area contributed by atoms with Crippen molar-refractivity contribution in [3.8, 4) is 0 Å². The molecule has 1 aromatic rings. The van der Waals surface area contributed by atoms with Crippen molar-refractivity contribution in [2.45, 2.75) is 38.6 Å². The third-order valence-corrected chi connectivity index (χ3v) is 4.23. The van der Waals surface area contributed by atoms with Crippen molar-refractivity contribution < 1.29 is 9.90 Å². The van der Waals surface area contributed by atoms with E-state index in [0.29, 0.717) is 0 Å². The minimum atomic E-state index is 0.0669. The Bertz CT molecular complexity index is 461. The maximum atomic E-state index is 11.8. The lowest BCUT2D eigenvalue weighted by atomic mass is 10.1. The molecule has 2 rings (SSSR count). The van der Waals surface area contributed by atoms with Gasteiger partial charge in [-0.05, 0) is 38.0 Å². The number of aliphatic hydroxyl groups excluding tert-OH is 1. The van der Waals surface area contributed by atoms with Gasteiger partial charge in [0.25, 0.3) is 0 Å². The fourth-order valence-electron chi connectivity index (χ4n) is 2.72. The number of carbonyl (C=O) groups is 1. The molecule has 104 valence electrons. The van der Waals surface area contributed by atoms with Crippen LogP contribution in [0.4, 0.5) is 5.69 Å². The summed E-state index contributed by atoms with van der Waals surface area (Å²) in [6.07, 6.45) is 4.44. The zero-order chi connectivity index (χ0) is 13.8. The molecule has 1 aromatic carbocycles. The van der Waals surface area contributed by atoms with E-state index in [1.165, 1.54) is 6.42 Å². The van der Waals surface area contributed by atoms with E-state index in [0.717, 1.165) is 41.5 Å². The van der Waals surface area contributed by atoms with Crippen molar-refractivity contribution in [1.29, 1.82) is 0 Å². The predicted octanol–water partition coefficient (Wildman–Crippen LogP) is 3.39. The highest BCUT2D eigenvalue weighted by atomic mass is 79.9. The minimum absolute atomic E-state index is 0.0669. The Morgan fingerprint density at radius 3 is 2.89 bits per heavy atom. The molecule has 19 heavy (non-hydrogen) atoms. The highest BCUT2D eigenvalue weighted by molar-refractivity contribution is 9.10. The van der Waals surface area contributed by atoms with Crippen molar-refractivity contribution in [1.82, 2.24) is 0 Å². The number of ketones is 1. The SMILES string of the molecule is CC(=O)c1cc(Br)ccc1N1CCCCCC1CO. The summed E-state index contributed by atoms with van der Waals surface area (Å²) in [5.41, 5.74) is 1.69. The highest BCUT2D eigenvalue weighted by Gasteiger charge is 2.23. The molecule has 1 fully saturated rings. The lowest BCUT2D eigenvalue weighted by molar-refractivity contribution is 0.101. The van der Waals surface area contributed by atoms with Gasteiger partial charge in [-0.25, -0.2) is 0 Å². The van der Waals surface area contributed by atoms with Gasteiger partial charge in [-0.2, -0.15) is 0 Å². The summed E-state index contributed by atoms with van der Waals surface area (Å²) < 4.78 is 0.914. The van der Waals surface area contributed by atoms with E-state index in [-0.39, 0.29) is 18.4 Å². The minimum Gasteiger partial charge on any atom is -0.394 e. The van der Waals surface area contributed by atoms with Gasteiger partial charge in [0.1, 0.15) is 0 Å². The predicted molar refractivity (Wildman–Crippen MR) is 80.8 cm³/mol. The molecule has 1 N–H and O–H groups in total. The molecule has 0 aliphatic carbocycles. The van der Waals surface area contributed by atoms with Crippen molar-refractivity contribution in [3.05, 3.63) is 28.2 Å². The average Bonchev–Trinajstić information content (AvgIpc) is 2.63. The molecule has 1 saturated heterocycles. The number of hydrogen-bond donors (Lipinski definition) is 1. The Morgan fingerprint density at radius 2 is 2.21 bits per heavy atom. The van der Waals surface area contributed by atoms with Gasteiger partial charge < -0.3 is 10.0 Å². The zero-order valence-electron chi connectivity index (χ0n) is 11.2. The lowest BCUT2D eigenvalue weighted by Gasteiger charge is -2.32. The second-order valence-corrected chi connectivity index (χ2v) is 6.01. The van der Waals surface area contributed by atoms with Crippen LogP contribution < -0.4 is 4.90 Å². The molecule has 0 radical (unpaired) electrons. The Labute approximate surface area is 122 Å². The molecule has 0 aromatic heterocycles. The normalized spacial score (nSPS) is 20.2. The number of benzene rings is 1. The van der Waals surface area contributed by atoms with Gasteiger partial charge in [0.15, 0.2) is 5.78 Å². The van der Waals surface area contributed by atoms with Crippen LogP contribution in [0.3, 0.4) is 0 Å². The summed E-state index contributed by atoms with van der Waals surface area (Å²) in [4.78, 5) is 14.0. The molecule has 0 spiro atoms. The summed E-state index contributed by atoms with van der Waals surface area (Å²) in [7, 11) is 0. The molecule has 1 atom stereocenters. The number of nitrogens with zero attached hydrogens (tertiary/aromatic N) is 1. The van der Waals surface area contributed by atoms with E-state index in [1.807, 2.05) is 18.2 Å². The third-order valence-electron chi connectivity index (χ3n) is 3.74. The average molecular weight is 326 g/mol. The molecular formula is C15H20BrNO2. The van der Waals surface area contributed by atoms with Crippen molar-refractivity contribution in [2.24, 2.45) is 0 Å². The maximum Gasteiger partial charge on any atom is 0.161 e. The number of Topliss-reactive ketones (excluding diaryl/α,β-unsaturated/α-hetero) is 1. The van der Waals surface area contributed by atoms with E-state index in [9.17, 15) is 9.90 Å². The number of rotatable bonds is 3. The zero-order valence-corrected chi connectivity index (χ0v) is 12.8. The summed E-state index contributed by atoms with van der Waals surface area (Å²) in [6, 6.07) is 5.94. The third kappa shape index (κ3) is 3.37. The lowest BCUT2D eigenvalue weighted by Crippen LogP contribution is -2.38. The van der Waals surface area contributed by atoms with Crippen LogP contribution in [0.15, 0.2) is 22.7 Å². The molecular weight excluding hydrogens is 306 g/mol. The largest absolute Gasteiger partial charge is 0.394 e. The number of hydrogen-bond acceptors (Lipinski definition) is 3. The van der Waals surface area contributed by atoms with E-state index >= 15 is 0 Å². The summed E-state index contributed by atoms with van der Waals surface area (Å²) in [5, 5.41) is 9.60. The first-order valence-electron chi connectivity index (χ1n) is 6.81. The first-order chi connectivity index (χ1) is 9.13. The van der Waals surface area contributed by atoms with Crippen LogP contribution in [-0.2, 0) is 0 Å². The molecule has 1 unspecified atom stereocenters. The van der Waals surface area contributed by atoms with E-state index in [1.54, 1.807) is 6.92 Å². The van der Waals surface area contributed by atoms with Crippen LogP contribution in [0.2, 0.25) is 0 Å². The molecule has 1 aliphatic heterocycles. The van der Waals surface area contributed by atoms with E-state index in [4.69, 9.17) is 0 Å². The molecule has 1 heterocycles. The topological polar surface area (TPSA) is 40.5 Å². The van der Waals surface area contributed by atoms with Crippen molar-refractivity contribution >= 4 is 27.4 Å². The van der Waals surface area contributed by atoms with Crippen LogP contribution in [0.25, 0.3) is 0 Å². The Morgan fingerprint density at radius 1 is 1.42 bits per heavy atom. The van der Waals surface area contributed by atoms with Crippen LogP contribution in [0.5, 0.6) is 0 Å². The van der Waals surface area contributed by atoms with Crippen LogP contribution in [-0.4, -0.2) is 30.1 Å². The monoisotopic (exact) mass is 325 g/mol. The number of halogens is 1. The molecule has 0 amide bonds. The molecule has 3 nitrogen and oxygen atoms in total. The van der Waals surface area contributed by atoms with Crippen molar-refractivity contribution in [3.63, 3.8) is 0 Å². The fourth-order valence-corrected chi connectivity index (χ4v) is 3.09. The molecule has 1 aliphatic rings. The van der Waals surface area contributed by atoms with Crippen molar-refractivity contribution in [2.75, 3.05) is 18.1 Å². The van der Waals surface area contributed by atoms with Crippen LogP contribution in [0.1, 0.15) is 43.0 Å². The summed E-state index contributed by atoms with van der Waals surface area (Å²) >= 11 is 3.42. The molecule has 0 bridgehead atoms. The fraction of sp³-hybridized carbons (Fsp3) is 0.533. The molecule has 4 heteroatoms. The highest BCUT2D eigenvalue weighted by Crippen LogP contribution is 2.30. The first-order valence-corrected chi connectivity index (χ1v) is 7.60. The van der Waals surface area contributed by atoms with Gasteiger partial charge >= 0.3 is 0 Å². The number of aliphatic hydroxyl groups is 1. The maximum absolute atomic E-state index is 11.8. The first kappa shape index (κ1) is 14.5. The quantitative estimate of drug-likeness (QED) is 0.866. The van der Waals surface area contributed by atoms with Gasteiger partial charge in [0, 0.05) is 22.3 Å². The Hall–Kier alpha value is -0.870. The molecule has 0 saturated carbocycles. The second kappa shape index (κ2) is 6.53. The summed E-state index contributed by atoms with van der Waals surface area (Å²) in [6.45, 7) is 2.65. The van der Waals surface area contributed by atoms with E-state index in [2.05, 4.69) is 20.8 Å². The second-order valence-electron chi connectivity index (χ2n) is 5.10. The Balaban J connectivity index is 2.40. The van der Waals surface area contributed by atoms with E-state index < -0.39 is 0 Å². The number of carbonyl (C=O) groups excluding carboxylic acids is 1. The van der Waals surface area contributed by atoms with Crippen LogP contribution in [0, 0.1) is 0 Å². The summed E-state index contributed by atoms with van der Waals surface area (Å²) in [5.74, 6) is 0.0669. The smallest absolute Gasteiger partial charge is 0.161 e.